The Morgan fingerprint density at radius 2 is 1.41 bits per heavy atom. The smallest absolute Gasteiger partial charge is 0.283 e. The SMILES string of the molecule is O=C(Nc1cccc(Cl)c1)c1ccc(NC2=C(Cl)C(=O)N(c3cccc(Cl)c3)C2=O)cc1. The van der Waals surface area contributed by atoms with Crippen molar-refractivity contribution in [2.45, 2.75) is 0 Å². The topological polar surface area (TPSA) is 78.5 Å². The summed E-state index contributed by atoms with van der Waals surface area (Å²) in [6.45, 7) is 0. The van der Waals surface area contributed by atoms with Crippen LogP contribution in [0.1, 0.15) is 10.4 Å². The predicted molar refractivity (Wildman–Crippen MR) is 126 cm³/mol. The summed E-state index contributed by atoms with van der Waals surface area (Å²) in [5.41, 5.74) is 1.69. The van der Waals surface area contributed by atoms with E-state index in [9.17, 15) is 14.4 Å². The van der Waals surface area contributed by atoms with E-state index >= 15 is 0 Å². The van der Waals surface area contributed by atoms with Crippen LogP contribution in [0.25, 0.3) is 0 Å². The maximum Gasteiger partial charge on any atom is 0.283 e. The lowest BCUT2D eigenvalue weighted by atomic mass is 10.2. The average Bonchev–Trinajstić information content (AvgIpc) is 2.97. The highest BCUT2D eigenvalue weighted by Crippen LogP contribution is 2.31. The first-order valence-electron chi connectivity index (χ1n) is 9.31. The third-order valence-electron chi connectivity index (χ3n) is 4.59. The molecular weight excluding hydrogens is 473 g/mol. The van der Waals surface area contributed by atoms with Crippen molar-refractivity contribution in [2.24, 2.45) is 0 Å². The van der Waals surface area contributed by atoms with Gasteiger partial charge in [-0.2, -0.15) is 0 Å². The molecule has 32 heavy (non-hydrogen) atoms. The van der Waals surface area contributed by atoms with E-state index in [1.165, 1.54) is 6.07 Å². The van der Waals surface area contributed by atoms with Gasteiger partial charge in [0.2, 0.25) is 0 Å². The molecule has 0 radical (unpaired) electrons. The number of hydrogen-bond donors (Lipinski definition) is 2. The first-order chi connectivity index (χ1) is 15.3. The minimum absolute atomic E-state index is 0.0622. The van der Waals surface area contributed by atoms with Gasteiger partial charge in [0.05, 0.1) is 5.69 Å². The van der Waals surface area contributed by atoms with E-state index in [0.29, 0.717) is 32.7 Å². The van der Waals surface area contributed by atoms with Gasteiger partial charge in [0.25, 0.3) is 17.7 Å². The summed E-state index contributed by atoms with van der Waals surface area (Å²) >= 11 is 18.0. The van der Waals surface area contributed by atoms with Crippen molar-refractivity contribution in [1.82, 2.24) is 0 Å². The highest BCUT2D eigenvalue weighted by Gasteiger charge is 2.39. The Kier molecular flexibility index (Phi) is 6.19. The molecule has 0 saturated heterocycles. The predicted octanol–water partition coefficient (Wildman–Crippen LogP) is 5.68. The number of hydrogen-bond acceptors (Lipinski definition) is 4. The van der Waals surface area contributed by atoms with Crippen molar-refractivity contribution in [3.05, 3.63) is 99.1 Å². The zero-order chi connectivity index (χ0) is 22.8. The monoisotopic (exact) mass is 485 g/mol. The number of nitrogens with zero attached hydrogens (tertiary/aromatic N) is 1. The Morgan fingerprint density at radius 1 is 0.750 bits per heavy atom. The van der Waals surface area contributed by atoms with Crippen LogP contribution in [0.2, 0.25) is 10.0 Å². The van der Waals surface area contributed by atoms with E-state index < -0.39 is 11.8 Å². The van der Waals surface area contributed by atoms with Crippen molar-refractivity contribution in [2.75, 3.05) is 15.5 Å². The molecule has 1 aliphatic heterocycles. The molecule has 0 bridgehead atoms. The van der Waals surface area contributed by atoms with Crippen LogP contribution in [-0.4, -0.2) is 17.7 Å². The summed E-state index contributed by atoms with van der Waals surface area (Å²) in [7, 11) is 0. The van der Waals surface area contributed by atoms with Gasteiger partial charge in [-0.1, -0.05) is 46.9 Å². The quantitative estimate of drug-likeness (QED) is 0.455. The Balaban J connectivity index is 1.49. The molecule has 9 heteroatoms. The zero-order valence-corrected chi connectivity index (χ0v) is 18.5. The summed E-state index contributed by atoms with van der Waals surface area (Å²) in [6, 6.07) is 19.5. The van der Waals surface area contributed by atoms with E-state index in [-0.39, 0.29) is 16.6 Å². The van der Waals surface area contributed by atoms with Gasteiger partial charge in [0.15, 0.2) is 0 Å². The molecule has 0 spiro atoms. The molecule has 160 valence electrons. The van der Waals surface area contributed by atoms with Gasteiger partial charge >= 0.3 is 0 Å². The number of amides is 3. The molecule has 0 aromatic heterocycles. The molecular formula is C23H14Cl3N3O3. The number of nitrogens with one attached hydrogen (secondary N) is 2. The Labute approximate surface area is 198 Å². The molecule has 4 rings (SSSR count). The molecule has 1 heterocycles. The molecule has 0 fully saturated rings. The Morgan fingerprint density at radius 3 is 2.06 bits per heavy atom. The van der Waals surface area contributed by atoms with Gasteiger partial charge in [0, 0.05) is 27.0 Å². The van der Waals surface area contributed by atoms with Crippen LogP contribution in [0.3, 0.4) is 0 Å². The lowest BCUT2D eigenvalue weighted by Crippen LogP contribution is -2.32. The fourth-order valence-corrected chi connectivity index (χ4v) is 3.67. The van der Waals surface area contributed by atoms with Crippen LogP contribution in [0.5, 0.6) is 0 Å². The van der Waals surface area contributed by atoms with E-state index in [4.69, 9.17) is 34.8 Å². The third-order valence-corrected chi connectivity index (χ3v) is 5.41. The number of rotatable bonds is 5. The Hall–Kier alpha value is -3.32. The Bertz CT molecular complexity index is 1270. The number of carbonyl (C=O) groups is 3. The average molecular weight is 487 g/mol. The van der Waals surface area contributed by atoms with Gasteiger partial charge < -0.3 is 10.6 Å². The molecule has 2 N–H and O–H groups in total. The number of carbonyl (C=O) groups excluding carboxylic acids is 3. The summed E-state index contributed by atoms with van der Waals surface area (Å²) in [6.07, 6.45) is 0. The van der Waals surface area contributed by atoms with Crippen molar-refractivity contribution >= 4 is 69.6 Å². The number of imide groups is 1. The lowest BCUT2D eigenvalue weighted by molar-refractivity contribution is -0.120. The minimum atomic E-state index is -0.654. The molecule has 0 unspecified atom stereocenters. The third kappa shape index (κ3) is 4.48. The summed E-state index contributed by atoms with van der Waals surface area (Å²) in [5, 5.41) is 6.26. The standard InChI is InChI=1S/C23H14Cl3N3O3/c24-14-3-1-5-17(11-14)28-21(30)13-7-9-16(10-8-13)27-20-19(26)22(31)29(23(20)32)18-6-2-4-15(25)12-18/h1-12,27H,(H,28,30). The van der Waals surface area contributed by atoms with Crippen LogP contribution in [0.15, 0.2) is 83.5 Å². The molecule has 3 aromatic carbocycles. The van der Waals surface area contributed by atoms with Crippen LogP contribution < -0.4 is 15.5 Å². The summed E-state index contributed by atoms with van der Waals surface area (Å²) in [5.74, 6) is -1.58. The molecule has 0 saturated carbocycles. The van der Waals surface area contributed by atoms with E-state index in [1.807, 2.05) is 0 Å². The fraction of sp³-hybridized carbons (Fsp3) is 0. The lowest BCUT2D eigenvalue weighted by Gasteiger charge is -2.15. The summed E-state index contributed by atoms with van der Waals surface area (Å²) < 4.78 is 0. The summed E-state index contributed by atoms with van der Waals surface area (Å²) in [4.78, 5) is 38.8. The molecule has 6 nitrogen and oxygen atoms in total. The van der Waals surface area contributed by atoms with Crippen LogP contribution in [0, 0.1) is 0 Å². The first kappa shape index (κ1) is 21.9. The van der Waals surface area contributed by atoms with Gasteiger partial charge in [-0.25, -0.2) is 4.90 Å². The second-order valence-corrected chi connectivity index (χ2v) is 8.03. The number of benzene rings is 3. The molecule has 0 aliphatic carbocycles. The van der Waals surface area contributed by atoms with E-state index in [0.717, 1.165) is 4.90 Å². The number of anilines is 3. The normalized spacial score (nSPS) is 13.5. The highest BCUT2D eigenvalue weighted by molar-refractivity contribution is 6.53. The molecule has 3 aromatic rings. The largest absolute Gasteiger partial charge is 0.350 e. The van der Waals surface area contributed by atoms with Crippen LogP contribution in [0.4, 0.5) is 17.1 Å². The van der Waals surface area contributed by atoms with Crippen LogP contribution >= 0.6 is 34.8 Å². The maximum absolute atomic E-state index is 12.8. The van der Waals surface area contributed by atoms with Crippen LogP contribution in [-0.2, 0) is 9.59 Å². The molecule has 3 amide bonds. The highest BCUT2D eigenvalue weighted by atomic mass is 35.5. The van der Waals surface area contributed by atoms with Gasteiger partial charge in [-0.3, -0.25) is 14.4 Å². The van der Waals surface area contributed by atoms with Gasteiger partial charge in [-0.15, -0.1) is 0 Å². The van der Waals surface area contributed by atoms with E-state index in [2.05, 4.69) is 10.6 Å². The van der Waals surface area contributed by atoms with Crippen molar-refractivity contribution < 1.29 is 14.4 Å². The maximum atomic E-state index is 12.8. The van der Waals surface area contributed by atoms with E-state index in [1.54, 1.807) is 66.7 Å². The van der Waals surface area contributed by atoms with Crippen molar-refractivity contribution in [1.29, 1.82) is 0 Å². The molecule has 1 aliphatic rings. The van der Waals surface area contributed by atoms with Crippen molar-refractivity contribution in [3.63, 3.8) is 0 Å². The number of halogens is 3. The van der Waals surface area contributed by atoms with Gasteiger partial charge in [0.1, 0.15) is 10.7 Å². The van der Waals surface area contributed by atoms with Gasteiger partial charge in [-0.05, 0) is 60.7 Å². The molecule has 0 atom stereocenters. The first-order valence-corrected chi connectivity index (χ1v) is 10.4. The fourth-order valence-electron chi connectivity index (χ4n) is 3.08. The van der Waals surface area contributed by atoms with Crippen molar-refractivity contribution in [3.8, 4) is 0 Å². The second-order valence-electron chi connectivity index (χ2n) is 6.78. The minimum Gasteiger partial charge on any atom is -0.350 e. The second kappa shape index (κ2) is 9.04. The zero-order valence-electron chi connectivity index (χ0n) is 16.2.